The number of ether oxygens (including phenoxy) is 1. The standard InChI is InChI=1S/C7H6BrF3N2O/c8-6-4(3-12)1-2-5(13-6)14-7(9,10)11/h1-2H,3,12H2. The molecule has 3 nitrogen and oxygen atoms in total. The third kappa shape index (κ3) is 3.15. The number of pyridine rings is 1. The fraction of sp³-hybridized carbons (Fsp3) is 0.286. The second-order valence-corrected chi connectivity index (χ2v) is 3.10. The predicted octanol–water partition coefficient (Wildman–Crippen LogP) is 2.20. The van der Waals surface area contributed by atoms with E-state index >= 15 is 0 Å². The Kier molecular flexibility index (Phi) is 3.33. The molecule has 0 saturated heterocycles. The quantitative estimate of drug-likeness (QED) is 0.839. The minimum absolute atomic E-state index is 0.194. The second kappa shape index (κ2) is 4.14. The van der Waals surface area contributed by atoms with Crippen LogP contribution in [0.1, 0.15) is 5.56 Å². The molecule has 0 aliphatic heterocycles. The van der Waals surface area contributed by atoms with Crippen LogP contribution in [-0.4, -0.2) is 11.3 Å². The van der Waals surface area contributed by atoms with E-state index < -0.39 is 12.2 Å². The largest absolute Gasteiger partial charge is 0.574 e. The van der Waals surface area contributed by atoms with Crippen molar-refractivity contribution in [3.05, 3.63) is 22.3 Å². The monoisotopic (exact) mass is 270 g/mol. The van der Waals surface area contributed by atoms with Crippen LogP contribution < -0.4 is 10.5 Å². The molecule has 2 N–H and O–H groups in total. The van der Waals surface area contributed by atoms with Crippen molar-refractivity contribution in [2.45, 2.75) is 12.9 Å². The Morgan fingerprint density at radius 2 is 2.07 bits per heavy atom. The molecule has 0 fully saturated rings. The molecule has 7 heteroatoms. The minimum Gasteiger partial charge on any atom is -0.388 e. The summed E-state index contributed by atoms with van der Waals surface area (Å²) in [6.07, 6.45) is -4.73. The molecule has 0 aliphatic carbocycles. The maximum Gasteiger partial charge on any atom is 0.574 e. The van der Waals surface area contributed by atoms with Crippen molar-refractivity contribution in [2.75, 3.05) is 0 Å². The zero-order chi connectivity index (χ0) is 10.8. The molecule has 0 spiro atoms. The van der Waals surface area contributed by atoms with E-state index in [1.165, 1.54) is 6.07 Å². The van der Waals surface area contributed by atoms with Gasteiger partial charge in [0.2, 0.25) is 5.88 Å². The third-order valence-electron chi connectivity index (χ3n) is 1.34. The maximum atomic E-state index is 11.8. The van der Waals surface area contributed by atoms with Crippen molar-refractivity contribution in [1.82, 2.24) is 4.98 Å². The summed E-state index contributed by atoms with van der Waals surface area (Å²) >= 11 is 2.98. The zero-order valence-corrected chi connectivity index (χ0v) is 8.39. The number of nitrogens with two attached hydrogens (primary N) is 1. The minimum atomic E-state index is -4.73. The Balaban J connectivity index is 2.87. The van der Waals surface area contributed by atoms with E-state index in [4.69, 9.17) is 5.73 Å². The summed E-state index contributed by atoms with van der Waals surface area (Å²) in [4.78, 5) is 3.52. The van der Waals surface area contributed by atoms with Gasteiger partial charge in [-0.1, -0.05) is 0 Å². The zero-order valence-electron chi connectivity index (χ0n) is 6.81. The van der Waals surface area contributed by atoms with Crippen molar-refractivity contribution in [1.29, 1.82) is 0 Å². The lowest BCUT2D eigenvalue weighted by Crippen LogP contribution is -2.18. The molecule has 1 heterocycles. The van der Waals surface area contributed by atoms with E-state index in [1.54, 1.807) is 0 Å². The van der Waals surface area contributed by atoms with Gasteiger partial charge in [-0.05, 0) is 27.6 Å². The van der Waals surface area contributed by atoms with Gasteiger partial charge < -0.3 is 10.5 Å². The van der Waals surface area contributed by atoms with Gasteiger partial charge in [0.05, 0.1) is 0 Å². The fourth-order valence-electron chi connectivity index (χ4n) is 0.774. The molecule has 0 aliphatic rings. The van der Waals surface area contributed by atoms with Gasteiger partial charge in [0.25, 0.3) is 0 Å². The van der Waals surface area contributed by atoms with Gasteiger partial charge in [-0.25, -0.2) is 4.98 Å². The fourth-order valence-corrected chi connectivity index (χ4v) is 1.24. The van der Waals surface area contributed by atoms with Crippen LogP contribution in [0, 0.1) is 0 Å². The summed E-state index contributed by atoms with van der Waals surface area (Å²) in [5, 5.41) is 0. The van der Waals surface area contributed by atoms with Gasteiger partial charge in [-0.15, -0.1) is 13.2 Å². The molecule has 0 radical (unpaired) electrons. The molecule has 14 heavy (non-hydrogen) atoms. The molecule has 0 aromatic carbocycles. The van der Waals surface area contributed by atoms with E-state index in [0.717, 1.165) is 6.07 Å². The van der Waals surface area contributed by atoms with Crippen LogP contribution in [0.5, 0.6) is 5.88 Å². The number of rotatable bonds is 2. The van der Waals surface area contributed by atoms with Crippen molar-refractivity contribution in [2.24, 2.45) is 5.73 Å². The maximum absolute atomic E-state index is 11.8. The van der Waals surface area contributed by atoms with Crippen LogP contribution in [0.2, 0.25) is 0 Å². The molecular weight excluding hydrogens is 265 g/mol. The van der Waals surface area contributed by atoms with Crippen LogP contribution in [0.3, 0.4) is 0 Å². The van der Waals surface area contributed by atoms with E-state index in [2.05, 4.69) is 25.7 Å². The Hall–Kier alpha value is -0.820. The Labute approximate surface area is 86.2 Å². The normalized spacial score (nSPS) is 11.5. The van der Waals surface area contributed by atoms with E-state index in [-0.39, 0.29) is 11.1 Å². The lowest BCUT2D eigenvalue weighted by molar-refractivity contribution is -0.276. The molecule has 1 aromatic rings. The lowest BCUT2D eigenvalue weighted by Gasteiger charge is -2.08. The molecule has 1 rings (SSSR count). The lowest BCUT2D eigenvalue weighted by atomic mass is 10.3. The first-order chi connectivity index (χ1) is 6.42. The molecule has 1 aromatic heterocycles. The summed E-state index contributed by atoms with van der Waals surface area (Å²) in [6, 6.07) is 2.53. The second-order valence-electron chi connectivity index (χ2n) is 2.35. The van der Waals surface area contributed by atoms with E-state index in [0.29, 0.717) is 5.56 Å². The van der Waals surface area contributed by atoms with Gasteiger partial charge in [0.1, 0.15) is 4.60 Å². The molecule has 0 amide bonds. The molecule has 0 atom stereocenters. The number of halogens is 4. The van der Waals surface area contributed by atoms with Gasteiger partial charge in [0, 0.05) is 12.6 Å². The first-order valence-electron chi connectivity index (χ1n) is 3.53. The summed E-state index contributed by atoms with van der Waals surface area (Å²) < 4.78 is 39.1. The highest BCUT2D eigenvalue weighted by molar-refractivity contribution is 9.10. The average Bonchev–Trinajstić information content (AvgIpc) is 2.01. The average molecular weight is 271 g/mol. The smallest absolute Gasteiger partial charge is 0.388 e. The van der Waals surface area contributed by atoms with E-state index in [1.807, 2.05) is 0 Å². The van der Waals surface area contributed by atoms with Crippen molar-refractivity contribution >= 4 is 15.9 Å². The third-order valence-corrected chi connectivity index (χ3v) is 2.03. The highest BCUT2D eigenvalue weighted by atomic mass is 79.9. The SMILES string of the molecule is NCc1ccc(OC(F)(F)F)nc1Br. The van der Waals surface area contributed by atoms with Crippen LogP contribution in [0.15, 0.2) is 16.7 Å². The number of aromatic nitrogens is 1. The topological polar surface area (TPSA) is 48.1 Å². The van der Waals surface area contributed by atoms with Crippen molar-refractivity contribution in [3.8, 4) is 5.88 Å². The number of nitrogens with zero attached hydrogens (tertiary/aromatic N) is 1. The predicted molar refractivity (Wildman–Crippen MR) is 46.5 cm³/mol. The van der Waals surface area contributed by atoms with Crippen LogP contribution >= 0.6 is 15.9 Å². The summed E-state index contributed by atoms with van der Waals surface area (Å²) in [5.41, 5.74) is 5.91. The highest BCUT2D eigenvalue weighted by Crippen LogP contribution is 2.23. The van der Waals surface area contributed by atoms with Crippen LogP contribution in [-0.2, 0) is 6.54 Å². The van der Waals surface area contributed by atoms with Crippen LogP contribution in [0.4, 0.5) is 13.2 Å². The summed E-state index contributed by atoms with van der Waals surface area (Å²) in [5.74, 6) is -0.512. The molecule has 0 saturated carbocycles. The Morgan fingerprint density at radius 3 is 2.50 bits per heavy atom. The van der Waals surface area contributed by atoms with Crippen molar-refractivity contribution < 1.29 is 17.9 Å². The number of alkyl halides is 3. The van der Waals surface area contributed by atoms with Gasteiger partial charge in [0.15, 0.2) is 0 Å². The summed E-state index contributed by atoms with van der Waals surface area (Å²) in [6.45, 7) is 0.194. The Morgan fingerprint density at radius 1 is 1.43 bits per heavy atom. The van der Waals surface area contributed by atoms with Gasteiger partial charge in [-0.3, -0.25) is 0 Å². The first kappa shape index (κ1) is 11.3. The number of hydrogen-bond donors (Lipinski definition) is 1. The summed E-state index contributed by atoms with van der Waals surface area (Å²) in [7, 11) is 0. The number of hydrogen-bond acceptors (Lipinski definition) is 3. The van der Waals surface area contributed by atoms with Crippen molar-refractivity contribution in [3.63, 3.8) is 0 Å². The molecular formula is C7H6BrF3N2O. The molecule has 0 bridgehead atoms. The molecule has 0 unspecified atom stereocenters. The molecule has 78 valence electrons. The Bertz CT molecular complexity index is 329. The highest BCUT2D eigenvalue weighted by Gasteiger charge is 2.31. The van der Waals surface area contributed by atoms with Gasteiger partial charge >= 0.3 is 6.36 Å². The van der Waals surface area contributed by atoms with E-state index in [9.17, 15) is 13.2 Å². The van der Waals surface area contributed by atoms with Gasteiger partial charge in [-0.2, -0.15) is 0 Å². The van der Waals surface area contributed by atoms with Crippen LogP contribution in [0.25, 0.3) is 0 Å². The first-order valence-corrected chi connectivity index (χ1v) is 4.33.